The van der Waals surface area contributed by atoms with Crippen LogP contribution in [-0.4, -0.2) is 47.8 Å². The molecule has 1 aliphatic rings. The van der Waals surface area contributed by atoms with E-state index in [4.69, 9.17) is 9.72 Å². The molecule has 3 heterocycles. The Labute approximate surface area is 162 Å². The van der Waals surface area contributed by atoms with Gasteiger partial charge in [-0.3, -0.25) is 9.20 Å². The smallest absolute Gasteiger partial charge is 0.348 e. The molecular weight excluding hydrogens is 360 g/mol. The van der Waals surface area contributed by atoms with E-state index < -0.39 is 5.97 Å². The molecule has 0 unspecified atom stereocenters. The van der Waals surface area contributed by atoms with Gasteiger partial charge in [-0.05, 0) is 38.5 Å². The zero-order valence-corrected chi connectivity index (χ0v) is 16.3. The lowest BCUT2D eigenvalue weighted by Gasteiger charge is -2.36. The van der Waals surface area contributed by atoms with Crippen molar-refractivity contribution in [2.24, 2.45) is 0 Å². The van der Waals surface area contributed by atoms with E-state index in [1.807, 2.05) is 31.7 Å². The second kappa shape index (κ2) is 7.82. The van der Waals surface area contributed by atoms with Crippen LogP contribution in [0, 0.1) is 18.3 Å². The lowest BCUT2D eigenvalue weighted by molar-refractivity contribution is -0.135. The Morgan fingerprint density at radius 2 is 2.07 bits per heavy atom. The monoisotopic (exact) mass is 382 g/mol. The van der Waals surface area contributed by atoms with Gasteiger partial charge in [0, 0.05) is 19.3 Å². The molecule has 2 atom stereocenters. The van der Waals surface area contributed by atoms with Gasteiger partial charge < -0.3 is 14.4 Å². The largest absolute Gasteiger partial charge is 0.465 e. The van der Waals surface area contributed by atoms with Crippen molar-refractivity contribution in [3.8, 4) is 6.07 Å². The minimum atomic E-state index is -0.800. The predicted molar refractivity (Wildman–Crippen MR) is 104 cm³/mol. The van der Waals surface area contributed by atoms with Crippen LogP contribution in [-0.2, 0) is 14.3 Å². The van der Waals surface area contributed by atoms with Gasteiger partial charge in [0.05, 0.1) is 24.9 Å². The van der Waals surface area contributed by atoms with E-state index in [1.165, 1.54) is 17.6 Å². The number of morpholine rings is 1. The number of anilines is 1. The topological polar surface area (TPSA) is 96.9 Å². The van der Waals surface area contributed by atoms with E-state index >= 15 is 0 Å². The highest BCUT2D eigenvalue weighted by atomic mass is 16.5. The number of aryl methyl sites for hydroxylation is 1. The van der Waals surface area contributed by atoms with Crippen molar-refractivity contribution in [3.05, 3.63) is 45.4 Å². The van der Waals surface area contributed by atoms with Crippen LogP contribution in [0.2, 0.25) is 0 Å². The van der Waals surface area contributed by atoms with Crippen molar-refractivity contribution < 1.29 is 14.3 Å². The standard InChI is InChI=1S/C20H22N4O4/c1-12-6-5-7-24-17(12)22-18(23-10-13(2)28-14(3)11-23)16(19(24)25)8-15(9-21)20(26)27-4/h5-8,13-14H,10-11H2,1-4H3/b15-8+/t13-,14-/m1/s1. The number of fused-ring (bicyclic) bond motifs is 1. The minimum absolute atomic E-state index is 0.0475. The molecule has 0 saturated carbocycles. The Balaban J connectivity index is 2.30. The van der Waals surface area contributed by atoms with Crippen LogP contribution in [0.4, 0.5) is 5.82 Å². The Kier molecular flexibility index (Phi) is 5.47. The summed E-state index contributed by atoms with van der Waals surface area (Å²) in [4.78, 5) is 31.8. The molecule has 28 heavy (non-hydrogen) atoms. The van der Waals surface area contributed by atoms with E-state index in [-0.39, 0.29) is 28.9 Å². The van der Waals surface area contributed by atoms with E-state index in [9.17, 15) is 14.9 Å². The summed E-state index contributed by atoms with van der Waals surface area (Å²) >= 11 is 0. The number of nitrogens with zero attached hydrogens (tertiary/aromatic N) is 4. The first-order valence-electron chi connectivity index (χ1n) is 8.98. The number of esters is 1. The van der Waals surface area contributed by atoms with E-state index in [1.54, 1.807) is 18.3 Å². The molecule has 0 spiro atoms. The number of ether oxygens (including phenoxy) is 2. The second-order valence-electron chi connectivity index (χ2n) is 6.86. The van der Waals surface area contributed by atoms with Crippen LogP contribution in [0.25, 0.3) is 11.7 Å². The normalized spacial score (nSPS) is 20.1. The lowest BCUT2D eigenvalue weighted by Crippen LogP contribution is -2.46. The maximum Gasteiger partial charge on any atom is 0.348 e. The third-order valence-corrected chi connectivity index (χ3v) is 4.60. The molecule has 2 aromatic rings. The van der Waals surface area contributed by atoms with Crippen molar-refractivity contribution in [2.45, 2.75) is 33.0 Å². The van der Waals surface area contributed by atoms with Crippen LogP contribution < -0.4 is 10.5 Å². The van der Waals surface area contributed by atoms with Gasteiger partial charge in [0.2, 0.25) is 0 Å². The average Bonchev–Trinajstić information content (AvgIpc) is 2.66. The van der Waals surface area contributed by atoms with Crippen LogP contribution in [0.1, 0.15) is 25.0 Å². The molecule has 0 aliphatic carbocycles. The number of hydrogen-bond acceptors (Lipinski definition) is 7. The molecule has 0 bridgehead atoms. The first kappa shape index (κ1) is 19.6. The lowest BCUT2D eigenvalue weighted by atomic mass is 10.1. The fourth-order valence-electron chi connectivity index (χ4n) is 3.41. The van der Waals surface area contributed by atoms with Gasteiger partial charge in [-0.2, -0.15) is 5.26 Å². The highest BCUT2D eigenvalue weighted by molar-refractivity contribution is 5.98. The SMILES string of the molecule is COC(=O)/C(C#N)=C/c1c(N2C[C@@H](C)O[C@H](C)C2)nc2c(C)cccn2c1=O. The van der Waals surface area contributed by atoms with Crippen molar-refractivity contribution >= 4 is 23.5 Å². The molecule has 3 rings (SSSR count). The second-order valence-corrected chi connectivity index (χ2v) is 6.86. The van der Waals surface area contributed by atoms with Gasteiger partial charge in [0.25, 0.3) is 5.56 Å². The first-order chi connectivity index (χ1) is 13.3. The number of aromatic nitrogens is 2. The van der Waals surface area contributed by atoms with Gasteiger partial charge in [0.1, 0.15) is 23.1 Å². The molecule has 0 radical (unpaired) electrons. The summed E-state index contributed by atoms with van der Waals surface area (Å²) in [7, 11) is 1.19. The number of carbonyl (C=O) groups is 1. The zero-order chi connectivity index (χ0) is 20.4. The molecular formula is C20H22N4O4. The molecule has 8 heteroatoms. The van der Waals surface area contributed by atoms with Crippen molar-refractivity contribution in [3.63, 3.8) is 0 Å². The molecule has 2 aromatic heterocycles. The summed E-state index contributed by atoms with van der Waals surface area (Å²) in [5.74, 6) is -0.371. The zero-order valence-electron chi connectivity index (χ0n) is 16.3. The summed E-state index contributed by atoms with van der Waals surface area (Å²) in [6.45, 7) is 6.86. The van der Waals surface area contributed by atoms with Crippen molar-refractivity contribution in [1.82, 2.24) is 9.38 Å². The number of rotatable bonds is 3. The molecule has 146 valence electrons. The fraction of sp³-hybridized carbons (Fsp3) is 0.400. The summed E-state index contributed by atoms with van der Waals surface area (Å²) in [5.41, 5.74) is 0.936. The summed E-state index contributed by atoms with van der Waals surface area (Å²) in [5, 5.41) is 9.34. The van der Waals surface area contributed by atoms with Crippen molar-refractivity contribution in [2.75, 3.05) is 25.1 Å². The Morgan fingerprint density at radius 3 is 2.68 bits per heavy atom. The fourth-order valence-corrected chi connectivity index (χ4v) is 3.41. The average molecular weight is 382 g/mol. The summed E-state index contributed by atoms with van der Waals surface area (Å²) in [6, 6.07) is 5.43. The van der Waals surface area contributed by atoms with Crippen LogP contribution in [0.15, 0.2) is 28.7 Å². The molecule has 0 aromatic carbocycles. The van der Waals surface area contributed by atoms with Crippen LogP contribution in [0.3, 0.4) is 0 Å². The third-order valence-electron chi connectivity index (χ3n) is 4.60. The number of pyridine rings is 1. The maximum atomic E-state index is 13.2. The predicted octanol–water partition coefficient (Wildman–Crippen LogP) is 1.70. The van der Waals surface area contributed by atoms with Crippen LogP contribution in [0.5, 0.6) is 0 Å². The Bertz CT molecular complexity index is 1040. The molecule has 1 aliphatic heterocycles. The number of hydrogen-bond donors (Lipinski definition) is 0. The summed E-state index contributed by atoms with van der Waals surface area (Å²) < 4.78 is 11.9. The van der Waals surface area contributed by atoms with E-state index in [2.05, 4.69) is 4.74 Å². The third kappa shape index (κ3) is 3.62. The first-order valence-corrected chi connectivity index (χ1v) is 8.98. The molecule has 0 amide bonds. The summed E-state index contributed by atoms with van der Waals surface area (Å²) in [6.07, 6.45) is 2.78. The van der Waals surface area contributed by atoms with Gasteiger partial charge in [-0.15, -0.1) is 0 Å². The maximum absolute atomic E-state index is 13.2. The number of methoxy groups -OCH3 is 1. The van der Waals surface area contributed by atoms with Gasteiger partial charge >= 0.3 is 5.97 Å². The molecule has 1 saturated heterocycles. The minimum Gasteiger partial charge on any atom is -0.465 e. The van der Waals surface area contributed by atoms with E-state index in [0.717, 1.165) is 5.56 Å². The molecule has 1 fully saturated rings. The van der Waals surface area contributed by atoms with Gasteiger partial charge in [-0.1, -0.05) is 6.07 Å². The van der Waals surface area contributed by atoms with Gasteiger partial charge in [0.15, 0.2) is 0 Å². The highest BCUT2D eigenvalue weighted by Crippen LogP contribution is 2.24. The Morgan fingerprint density at radius 1 is 1.39 bits per heavy atom. The number of nitriles is 1. The van der Waals surface area contributed by atoms with E-state index in [0.29, 0.717) is 24.6 Å². The Hall–Kier alpha value is -3.18. The van der Waals surface area contributed by atoms with Crippen molar-refractivity contribution in [1.29, 1.82) is 5.26 Å². The molecule has 0 N–H and O–H groups in total. The molecule has 8 nitrogen and oxygen atoms in total. The van der Waals surface area contributed by atoms with Crippen LogP contribution >= 0.6 is 0 Å². The number of carbonyl (C=O) groups excluding carboxylic acids is 1. The quantitative estimate of drug-likeness (QED) is 0.453. The van der Waals surface area contributed by atoms with Gasteiger partial charge in [-0.25, -0.2) is 9.78 Å². The highest BCUT2D eigenvalue weighted by Gasteiger charge is 2.27.